The van der Waals surface area contributed by atoms with Gasteiger partial charge in [-0.2, -0.15) is 0 Å². The molecule has 2 unspecified atom stereocenters. The van der Waals surface area contributed by atoms with Crippen molar-refractivity contribution in [2.75, 3.05) is 13.2 Å². The number of hydrogen-bond acceptors (Lipinski definition) is 3. The summed E-state index contributed by atoms with van der Waals surface area (Å²) in [6.45, 7) is 7.52. The van der Waals surface area contributed by atoms with E-state index in [2.05, 4.69) is 32.2 Å². The molecule has 26 heavy (non-hydrogen) atoms. The highest BCUT2D eigenvalue weighted by molar-refractivity contribution is 6.30. The minimum absolute atomic E-state index is 0.200. The zero-order valence-electron chi connectivity index (χ0n) is 15.7. The number of fused-ring (bicyclic) bond motifs is 1. The maximum atomic E-state index is 11.6. The first-order valence-electron chi connectivity index (χ1n) is 9.24. The number of hydrogen-bond donors (Lipinski definition) is 2. The van der Waals surface area contributed by atoms with E-state index in [4.69, 9.17) is 21.1 Å². The predicted molar refractivity (Wildman–Crippen MR) is 101 cm³/mol. The fourth-order valence-corrected chi connectivity index (χ4v) is 4.90. The van der Waals surface area contributed by atoms with Gasteiger partial charge in [-0.05, 0) is 54.4 Å². The van der Waals surface area contributed by atoms with Gasteiger partial charge in [-0.15, -0.1) is 0 Å². The highest BCUT2D eigenvalue weighted by Gasteiger charge is 2.50. The highest BCUT2D eigenvalue weighted by atomic mass is 35.5. The molecule has 1 aromatic rings. The van der Waals surface area contributed by atoms with Crippen LogP contribution in [0.3, 0.4) is 0 Å². The first kappa shape index (κ1) is 19.5. The van der Waals surface area contributed by atoms with Crippen LogP contribution in [0.15, 0.2) is 18.2 Å². The lowest BCUT2D eigenvalue weighted by atomic mass is 9.63. The molecule has 2 atom stereocenters. The lowest BCUT2D eigenvalue weighted by Crippen LogP contribution is -2.56. The minimum Gasteiger partial charge on any atom is -0.465 e. The zero-order chi connectivity index (χ0) is 18.9. The molecule has 1 fully saturated rings. The Bertz CT molecular complexity index is 666. The third-order valence-corrected chi connectivity index (χ3v) is 5.88. The van der Waals surface area contributed by atoms with E-state index in [9.17, 15) is 9.90 Å². The van der Waals surface area contributed by atoms with Gasteiger partial charge < -0.3 is 19.9 Å². The number of aryl methyl sites for hydroxylation is 1. The van der Waals surface area contributed by atoms with Gasteiger partial charge in [0, 0.05) is 16.5 Å². The number of benzene rings is 1. The molecule has 3 rings (SSSR count). The zero-order valence-corrected chi connectivity index (χ0v) is 16.4. The van der Waals surface area contributed by atoms with Crippen LogP contribution in [0.5, 0.6) is 0 Å². The molecule has 1 amide bonds. The van der Waals surface area contributed by atoms with Gasteiger partial charge in [-0.3, -0.25) is 0 Å². The molecule has 1 aliphatic carbocycles. The lowest BCUT2D eigenvalue weighted by Gasteiger charge is -2.46. The molecular formula is C20H28ClNO4. The molecule has 0 spiro atoms. The smallest absolute Gasteiger partial charge is 0.404 e. The number of nitrogens with one attached hydrogen (secondary N) is 1. The van der Waals surface area contributed by atoms with E-state index in [1.807, 2.05) is 12.1 Å². The van der Waals surface area contributed by atoms with Crippen molar-refractivity contribution >= 4 is 17.7 Å². The summed E-state index contributed by atoms with van der Waals surface area (Å²) in [5.41, 5.74) is 1.88. The van der Waals surface area contributed by atoms with Crippen LogP contribution in [0, 0.1) is 5.41 Å². The first-order chi connectivity index (χ1) is 12.2. The Morgan fingerprint density at radius 3 is 2.69 bits per heavy atom. The molecule has 2 N–H and O–H groups in total. The SMILES string of the molecule is CC(C)(C)C(NC(=O)O)C1(CCC2OCCO2)CCc2cc(Cl)ccc21. The van der Waals surface area contributed by atoms with Crippen LogP contribution in [-0.2, 0) is 21.3 Å². The molecule has 1 aliphatic heterocycles. The van der Waals surface area contributed by atoms with Gasteiger partial charge in [-0.25, -0.2) is 4.79 Å². The van der Waals surface area contributed by atoms with Gasteiger partial charge >= 0.3 is 6.09 Å². The summed E-state index contributed by atoms with van der Waals surface area (Å²) in [5, 5.41) is 13.1. The molecule has 6 heteroatoms. The molecule has 1 heterocycles. The summed E-state index contributed by atoms with van der Waals surface area (Å²) in [6, 6.07) is 5.77. The first-order valence-corrected chi connectivity index (χ1v) is 9.62. The van der Waals surface area contributed by atoms with Gasteiger partial charge in [0.05, 0.1) is 13.2 Å². The number of amides is 1. The second-order valence-corrected chi connectivity index (χ2v) is 8.85. The Labute approximate surface area is 160 Å². The summed E-state index contributed by atoms with van der Waals surface area (Å²) in [4.78, 5) is 11.6. The van der Waals surface area contributed by atoms with Crippen molar-refractivity contribution in [2.24, 2.45) is 5.41 Å². The molecule has 5 nitrogen and oxygen atoms in total. The van der Waals surface area contributed by atoms with Crippen LogP contribution in [0.2, 0.25) is 5.02 Å². The van der Waals surface area contributed by atoms with Crippen molar-refractivity contribution in [3.05, 3.63) is 34.3 Å². The Morgan fingerprint density at radius 2 is 2.08 bits per heavy atom. The van der Waals surface area contributed by atoms with Crippen LogP contribution < -0.4 is 5.32 Å². The number of carbonyl (C=O) groups is 1. The summed E-state index contributed by atoms with van der Waals surface area (Å²) >= 11 is 6.20. The minimum atomic E-state index is -0.986. The predicted octanol–water partition coefficient (Wildman–Crippen LogP) is 4.36. The average molecular weight is 382 g/mol. The Hall–Kier alpha value is -1.30. The van der Waals surface area contributed by atoms with Crippen molar-refractivity contribution < 1.29 is 19.4 Å². The van der Waals surface area contributed by atoms with E-state index in [-0.39, 0.29) is 23.2 Å². The Kier molecular flexibility index (Phi) is 5.52. The highest BCUT2D eigenvalue weighted by Crippen LogP contribution is 2.50. The van der Waals surface area contributed by atoms with E-state index < -0.39 is 6.09 Å². The van der Waals surface area contributed by atoms with Gasteiger partial charge in [0.2, 0.25) is 0 Å². The monoisotopic (exact) mass is 381 g/mol. The topological polar surface area (TPSA) is 67.8 Å². The molecule has 1 saturated heterocycles. The lowest BCUT2D eigenvalue weighted by molar-refractivity contribution is -0.0538. The van der Waals surface area contributed by atoms with Crippen LogP contribution >= 0.6 is 11.6 Å². The number of halogens is 1. The fraction of sp³-hybridized carbons (Fsp3) is 0.650. The quantitative estimate of drug-likeness (QED) is 0.795. The van der Waals surface area contributed by atoms with Crippen molar-refractivity contribution in [1.82, 2.24) is 5.32 Å². The summed E-state index contributed by atoms with van der Waals surface area (Å²) in [5.74, 6) is 0. The maximum absolute atomic E-state index is 11.6. The molecule has 1 aromatic carbocycles. The van der Waals surface area contributed by atoms with E-state index in [0.29, 0.717) is 13.2 Å². The van der Waals surface area contributed by atoms with Gasteiger partial charge in [-0.1, -0.05) is 38.4 Å². The third-order valence-electron chi connectivity index (χ3n) is 5.65. The molecule has 2 aliphatic rings. The van der Waals surface area contributed by atoms with Crippen LogP contribution in [0.1, 0.15) is 51.2 Å². The van der Waals surface area contributed by atoms with Gasteiger partial charge in [0.1, 0.15) is 0 Å². The third kappa shape index (κ3) is 3.85. The molecular weight excluding hydrogens is 354 g/mol. The van der Waals surface area contributed by atoms with Gasteiger partial charge in [0.25, 0.3) is 0 Å². The molecule has 0 radical (unpaired) electrons. The standard InChI is InChI=1S/C20H28ClNO4/c1-19(2,3)17(22-18(23)24)20(9-7-16-25-10-11-26-16)8-6-13-12-14(21)4-5-15(13)20/h4-5,12,16-17,22H,6-11H2,1-3H3,(H,23,24). The van der Waals surface area contributed by atoms with Crippen molar-refractivity contribution in [1.29, 1.82) is 0 Å². The Balaban J connectivity index is 2.00. The van der Waals surface area contributed by atoms with E-state index in [1.165, 1.54) is 11.1 Å². The average Bonchev–Trinajstić information content (AvgIpc) is 3.17. The van der Waals surface area contributed by atoms with Crippen molar-refractivity contribution in [2.45, 2.75) is 64.2 Å². The summed E-state index contributed by atoms with van der Waals surface area (Å²) in [7, 11) is 0. The van der Waals surface area contributed by atoms with Gasteiger partial charge in [0.15, 0.2) is 6.29 Å². The van der Waals surface area contributed by atoms with Crippen LogP contribution in [0.4, 0.5) is 4.79 Å². The number of ether oxygens (including phenoxy) is 2. The molecule has 0 aromatic heterocycles. The van der Waals surface area contributed by atoms with E-state index >= 15 is 0 Å². The largest absolute Gasteiger partial charge is 0.465 e. The summed E-state index contributed by atoms with van der Waals surface area (Å²) in [6.07, 6.45) is 2.15. The van der Waals surface area contributed by atoms with Crippen LogP contribution in [-0.4, -0.2) is 36.7 Å². The van der Waals surface area contributed by atoms with Crippen molar-refractivity contribution in [3.8, 4) is 0 Å². The van der Waals surface area contributed by atoms with E-state index in [1.54, 1.807) is 0 Å². The number of carboxylic acid groups (broad SMARTS) is 1. The second kappa shape index (κ2) is 7.37. The molecule has 0 bridgehead atoms. The van der Waals surface area contributed by atoms with Crippen LogP contribution in [0.25, 0.3) is 0 Å². The maximum Gasteiger partial charge on any atom is 0.404 e. The molecule has 144 valence electrons. The van der Waals surface area contributed by atoms with E-state index in [0.717, 1.165) is 30.7 Å². The normalized spacial score (nSPS) is 24.5. The fourth-order valence-electron chi connectivity index (χ4n) is 4.71. The number of rotatable bonds is 5. The molecule has 0 saturated carbocycles. The summed E-state index contributed by atoms with van der Waals surface area (Å²) < 4.78 is 11.3. The Morgan fingerprint density at radius 1 is 1.38 bits per heavy atom. The van der Waals surface area contributed by atoms with Crippen molar-refractivity contribution in [3.63, 3.8) is 0 Å². The second-order valence-electron chi connectivity index (χ2n) is 8.42.